The Morgan fingerprint density at radius 2 is 1.67 bits per heavy atom. The number of Topliss-reactive ketones (excluding diaryl/α,β-unsaturated/α-hetero) is 1. The zero-order chi connectivity index (χ0) is 25.3. The number of rotatable bonds is 5. The maximum Gasteiger partial charge on any atom is 0.242 e. The average Bonchev–Trinajstić information content (AvgIpc) is 2.98. The van der Waals surface area contributed by atoms with Crippen LogP contribution in [0.3, 0.4) is 0 Å². The minimum absolute atomic E-state index is 0.0689. The second-order valence-electron chi connectivity index (χ2n) is 11.2. The predicted octanol–water partition coefficient (Wildman–Crippen LogP) is 4.68. The molecule has 0 spiro atoms. The van der Waals surface area contributed by atoms with Crippen molar-refractivity contribution in [2.45, 2.75) is 52.6 Å². The van der Waals surface area contributed by atoms with Gasteiger partial charge in [-0.05, 0) is 36.0 Å². The van der Waals surface area contributed by atoms with Crippen LogP contribution in [-0.2, 0) is 16.1 Å². The molecule has 1 amide bonds. The van der Waals surface area contributed by atoms with Gasteiger partial charge in [-0.25, -0.2) is 0 Å². The summed E-state index contributed by atoms with van der Waals surface area (Å²) in [5.41, 5.74) is 5.11. The molecule has 5 rings (SSSR count). The second kappa shape index (κ2) is 10.1. The van der Waals surface area contributed by atoms with E-state index in [1.54, 1.807) is 0 Å². The number of hydrogen-bond donors (Lipinski definition) is 1. The molecule has 0 aromatic heterocycles. The molecule has 0 bridgehead atoms. The van der Waals surface area contributed by atoms with Crippen molar-refractivity contribution in [2.24, 2.45) is 5.41 Å². The zero-order valence-corrected chi connectivity index (χ0v) is 21.8. The lowest BCUT2D eigenvalue weighted by Crippen LogP contribution is -2.52. The number of para-hydroxylation sites is 2. The van der Waals surface area contributed by atoms with Crippen molar-refractivity contribution < 1.29 is 9.59 Å². The maximum absolute atomic E-state index is 13.6. The van der Waals surface area contributed by atoms with E-state index >= 15 is 0 Å². The molecule has 1 fully saturated rings. The molecule has 2 aromatic rings. The topological polar surface area (TPSA) is 55.9 Å². The summed E-state index contributed by atoms with van der Waals surface area (Å²) in [5, 5.41) is 3.61. The minimum Gasteiger partial charge on any atom is -0.357 e. The van der Waals surface area contributed by atoms with Crippen LogP contribution in [0.1, 0.15) is 45.6 Å². The molecule has 6 heteroatoms. The van der Waals surface area contributed by atoms with E-state index in [-0.39, 0.29) is 29.7 Å². The van der Waals surface area contributed by atoms with Gasteiger partial charge in [0, 0.05) is 50.4 Å². The first-order chi connectivity index (χ1) is 17.3. The smallest absolute Gasteiger partial charge is 0.242 e. The molecule has 0 unspecified atom stereocenters. The molecule has 0 radical (unpaired) electrons. The molecule has 0 saturated carbocycles. The number of nitrogens with zero attached hydrogens (tertiary/aromatic N) is 3. The Hall–Kier alpha value is -3.12. The number of hydrogen-bond acceptors (Lipinski definition) is 5. The first-order valence-electron chi connectivity index (χ1n) is 13.3. The van der Waals surface area contributed by atoms with Crippen LogP contribution in [0.2, 0.25) is 0 Å². The SMILES string of the molecule is CC[C@H]1C2=C(CC(C)(C)CC2=O)Nc2ccccc2N1CC(=O)N1CCN(Cc2ccccc2)CC1. The highest BCUT2D eigenvalue weighted by Crippen LogP contribution is 2.44. The number of amides is 1. The number of carbonyl (C=O) groups excluding carboxylic acids is 2. The maximum atomic E-state index is 13.6. The Balaban J connectivity index is 1.34. The highest BCUT2D eigenvalue weighted by Gasteiger charge is 2.40. The Morgan fingerprint density at radius 1 is 0.972 bits per heavy atom. The fourth-order valence-corrected chi connectivity index (χ4v) is 6.01. The highest BCUT2D eigenvalue weighted by atomic mass is 16.2. The summed E-state index contributed by atoms with van der Waals surface area (Å²) < 4.78 is 0. The molecule has 2 aliphatic heterocycles. The molecule has 190 valence electrons. The van der Waals surface area contributed by atoms with Gasteiger partial charge in [0.15, 0.2) is 5.78 Å². The summed E-state index contributed by atoms with van der Waals surface area (Å²) in [7, 11) is 0. The standard InChI is InChI=1S/C30H38N4O2/c1-4-25-29-24(18-30(2,3)19-27(29)35)31-23-12-8-9-13-26(23)34(25)21-28(36)33-16-14-32(15-17-33)20-22-10-6-5-7-11-22/h5-13,25,31H,4,14-21H2,1-3H3/t25-/m0/s1. The Bertz CT molecular complexity index is 1150. The first kappa shape index (κ1) is 24.6. The van der Waals surface area contributed by atoms with Crippen LogP contribution in [0.4, 0.5) is 11.4 Å². The number of allylic oxidation sites excluding steroid dienone is 1. The minimum atomic E-state index is -0.108. The van der Waals surface area contributed by atoms with Gasteiger partial charge < -0.3 is 15.1 Å². The van der Waals surface area contributed by atoms with Gasteiger partial charge in [-0.2, -0.15) is 0 Å². The van der Waals surface area contributed by atoms with E-state index in [1.807, 2.05) is 23.1 Å². The molecule has 1 aliphatic carbocycles. The summed E-state index contributed by atoms with van der Waals surface area (Å²) in [6, 6.07) is 18.6. The number of anilines is 2. The monoisotopic (exact) mass is 486 g/mol. The number of piperazine rings is 1. The van der Waals surface area contributed by atoms with Crippen LogP contribution >= 0.6 is 0 Å². The van der Waals surface area contributed by atoms with Gasteiger partial charge in [0.05, 0.1) is 24.0 Å². The van der Waals surface area contributed by atoms with E-state index in [2.05, 4.69) is 72.3 Å². The molecular weight excluding hydrogens is 448 g/mol. The third-order valence-electron chi connectivity index (χ3n) is 7.79. The Morgan fingerprint density at radius 3 is 2.39 bits per heavy atom. The van der Waals surface area contributed by atoms with Gasteiger partial charge >= 0.3 is 0 Å². The molecule has 6 nitrogen and oxygen atoms in total. The van der Waals surface area contributed by atoms with Crippen molar-refractivity contribution in [3.63, 3.8) is 0 Å². The van der Waals surface area contributed by atoms with Crippen molar-refractivity contribution in [1.29, 1.82) is 0 Å². The van der Waals surface area contributed by atoms with Gasteiger partial charge in [0.1, 0.15) is 0 Å². The van der Waals surface area contributed by atoms with Gasteiger partial charge in [-0.3, -0.25) is 14.5 Å². The molecule has 3 aliphatic rings. The molecule has 1 atom stereocenters. The second-order valence-corrected chi connectivity index (χ2v) is 11.2. The zero-order valence-electron chi connectivity index (χ0n) is 21.8. The third-order valence-corrected chi connectivity index (χ3v) is 7.79. The first-order valence-corrected chi connectivity index (χ1v) is 13.3. The Kier molecular flexibility index (Phi) is 6.89. The summed E-state index contributed by atoms with van der Waals surface area (Å²) in [6.45, 7) is 10.9. The fourth-order valence-electron chi connectivity index (χ4n) is 6.01. The highest BCUT2D eigenvalue weighted by molar-refractivity contribution is 6.01. The quantitative estimate of drug-likeness (QED) is 0.665. The van der Waals surface area contributed by atoms with Crippen LogP contribution in [0.25, 0.3) is 0 Å². The lowest BCUT2D eigenvalue weighted by atomic mass is 9.74. The largest absolute Gasteiger partial charge is 0.357 e. The summed E-state index contributed by atoms with van der Waals surface area (Å²) in [6.07, 6.45) is 2.16. The van der Waals surface area contributed by atoms with Crippen LogP contribution in [0, 0.1) is 5.41 Å². The third kappa shape index (κ3) is 5.05. The van der Waals surface area contributed by atoms with Gasteiger partial charge in [-0.15, -0.1) is 0 Å². The van der Waals surface area contributed by atoms with Gasteiger partial charge in [0.2, 0.25) is 5.91 Å². The molecule has 1 saturated heterocycles. The molecule has 2 aromatic carbocycles. The average molecular weight is 487 g/mol. The Labute approximate surface area is 215 Å². The van der Waals surface area contributed by atoms with E-state index < -0.39 is 0 Å². The van der Waals surface area contributed by atoms with Crippen LogP contribution in [-0.4, -0.2) is 60.3 Å². The van der Waals surface area contributed by atoms with E-state index in [0.717, 1.165) is 68.2 Å². The van der Waals surface area contributed by atoms with E-state index in [0.29, 0.717) is 6.42 Å². The van der Waals surface area contributed by atoms with Crippen molar-refractivity contribution in [1.82, 2.24) is 9.80 Å². The van der Waals surface area contributed by atoms with Crippen LogP contribution < -0.4 is 10.2 Å². The van der Waals surface area contributed by atoms with Crippen molar-refractivity contribution in [3.8, 4) is 0 Å². The van der Waals surface area contributed by atoms with E-state index in [4.69, 9.17) is 0 Å². The van der Waals surface area contributed by atoms with Crippen molar-refractivity contribution in [2.75, 3.05) is 42.9 Å². The number of fused-ring (bicyclic) bond motifs is 1. The molecular formula is C30H38N4O2. The number of carbonyl (C=O) groups is 2. The number of nitrogens with one attached hydrogen (secondary N) is 1. The van der Waals surface area contributed by atoms with E-state index in [1.165, 1.54) is 5.56 Å². The normalized spacial score (nSPS) is 22.0. The molecule has 2 heterocycles. The van der Waals surface area contributed by atoms with Gasteiger partial charge in [-0.1, -0.05) is 63.2 Å². The van der Waals surface area contributed by atoms with Crippen molar-refractivity contribution in [3.05, 3.63) is 71.4 Å². The van der Waals surface area contributed by atoms with Crippen LogP contribution in [0.15, 0.2) is 65.9 Å². The molecule has 1 N–H and O–H groups in total. The van der Waals surface area contributed by atoms with E-state index in [9.17, 15) is 9.59 Å². The number of benzene rings is 2. The van der Waals surface area contributed by atoms with Gasteiger partial charge in [0.25, 0.3) is 0 Å². The summed E-state index contributed by atoms with van der Waals surface area (Å²) >= 11 is 0. The lowest BCUT2D eigenvalue weighted by molar-refractivity contribution is -0.131. The van der Waals surface area contributed by atoms with Crippen LogP contribution in [0.5, 0.6) is 0 Å². The summed E-state index contributed by atoms with van der Waals surface area (Å²) in [5.74, 6) is 0.343. The van der Waals surface area contributed by atoms with Crippen molar-refractivity contribution >= 4 is 23.1 Å². The predicted molar refractivity (Wildman–Crippen MR) is 145 cm³/mol. The number of ketones is 1. The summed E-state index contributed by atoms with van der Waals surface area (Å²) in [4.78, 5) is 33.6. The lowest BCUT2D eigenvalue weighted by Gasteiger charge is -2.39. The molecule has 36 heavy (non-hydrogen) atoms. The fraction of sp³-hybridized carbons (Fsp3) is 0.467.